The van der Waals surface area contributed by atoms with Crippen LogP contribution in [0.4, 0.5) is 13.2 Å². The molecule has 198 valence electrons. The monoisotopic (exact) mass is 518 g/mol. The minimum atomic E-state index is -3.06. The lowest BCUT2D eigenvalue weighted by Crippen LogP contribution is -2.60. The molecule has 37 heavy (non-hydrogen) atoms. The Labute approximate surface area is 212 Å². The highest BCUT2D eigenvalue weighted by molar-refractivity contribution is 5.97. The summed E-state index contributed by atoms with van der Waals surface area (Å²) >= 11 is 0. The molecule has 2 aromatic carbocycles. The number of rotatable bonds is 7. The summed E-state index contributed by atoms with van der Waals surface area (Å²) in [6, 6.07) is 8.40. The second-order valence-electron chi connectivity index (χ2n) is 9.17. The summed E-state index contributed by atoms with van der Waals surface area (Å²) < 4.78 is 48.3. The van der Waals surface area contributed by atoms with Crippen molar-refractivity contribution in [2.24, 2.45) is 11.5 Å². The van der Waals surface area contributed by atoms with Gasteiger partial charge in [-0.15, -0.1) is 0 Å². The van der Waals surface area contributed by atoms with E-state index >= 15 is 0 Å². The highest BCUT2D eigenvalue weighted by atomic mass is 19.3. The van der Waals surface area contributed by atoms with Crippen LogP contribution in [0.5, 0.6) is 5.75 Å². The van der Waals surface area contributed by atoms with E-state index in [0.29, 0.717) is 17.7 Å². The number of amides is 2. The second kappa shape index (κ2) is 10.3. The van der Waals surface area contributed by atoms with Crippen molar-refractivity contribution in [1.82, 2.24) is 20.7 Å². The molecule has 2 aliphatic heterocycles. The van der Waals surface area contributed by atoms with E-state index in [1.54, 1.807) is 36.2 Å². The van der Waals surface area contributed by atoms with Gasteiger partial charge >= 0.3 is 0 Å². The van der Waals surface area contributed by atoms with E-state index in [9.17, 15) is 22.8 Å². The fraction of sp³-hybridized carbons (Fsp3) is 0.360. The molecular weight excluding hydrogens is 489 g/mol. The Morgan fingerprint density at radius 2 is 1.92 bits per heavy atom. The minimum absolute atomic E-state index is 0.00831. The van der Waals surface area contributed by atoms with Gasteiger partial charge in [-0.2, -0.15) is 0 Å². The maximum Gasteiger partial charge on any atom is 0.282 e. The van der Waals surface area contributed by atoms with Gasteiger partial charge in [-0.3, -0.25) is 14.6 Å². The molecule has 0 aromatic heterocycles. The van der Waals surface area contributed by atoms with Gasteiger partial charge in [-0.25, -0.2) is 18.6 Å². The molecule has 0 saturated carbocycles. The molecule has 0 aliphatic carbocycles. The van der Waals surface area contributed by atoms with Gasteiger partial charge in [-0.1, -0.05) is 24.3 Å². The predicted molar refractivity (Wildman–Crippen MR) is 130 cm³/mol. The Kier molecular flexibility index (Phi) is 7.32. The molecule has 2 aromatic rings. The predicted octanol–water partition coefficient (Wildman–Crippen LogP) is 1.62. The summed E-state index contributed by atoms with van der Waals surface area (Å²) in [4.78, 5) is 26.3. The largest absolute Gasteiger partial charge is 0.496 e. The van der Waals surface area contributed by atoms with Gasteiger partial charge in [0.1, 0.15) is 23.4 Å². The summed E-state index contributed by atoms with van der Waals surface area (Å²) in [5.74, 6) is -4.83. The highest BCUT2D eigenvalue weighted by Gasteiger charge is 2.50. The fourth-order valence-electron chi connectivity index (χ4n) is 4.70. The van der Waals surface area contributed by atoms with Crippen molar-refractivity contribution in [3.8, 4) is 5.75 Å². The third-order valence-corrected chi connectivity index (χ3v) is 6.59. The number of halogens is 3. The number of hydrogen-bond donors (Lipinski definition) is 4. The number of primary amides is 1. The normalized spacial score (nSPS) is 21.7. The maximum atomic E-state index is 14.8. The number of benzene rings is 2. The lowest BCUT2D eigenvalue weighted by molar-refractivity contribution is -0.124. The second-order valence-corrected chi connectivity index (χ2v) is 9.17. The number of ether oxygens (including phenoxy) is 1. The smallest absolute Gasteiger partial charge is 0.282 e. The zero-order chi connectivity index (χ0) is 26.9. The minimum Gasteiger partial charge on any atom is -0.496 e. The summed E-state index contributed by atoms with van der Waals surface area (Å²) in [5, 5.41) is 3.87. The van der Waals surface area contributed by atoms with E-state index < -0.39 is 42.2 Å². The van der Waals surface area contributed by atoms with Gasteiger partial charge in [0.2, 0.25) is 5.91 Å². The van der Waals surface area contributed by atoms with Crippen molar-refractivity contribution in [1.29, 1.82) is 0 Å². The SMILES string of the molecule is COc1ccc(F)cc1C(=O)NCc1ccc(C2NN(C3CCN(C)CC3(F)F)C(N)=C2C(N)=O)cc1. The van der Waals surface area contributed by atoms with Crippen molar-refractivity contribution in [2.75, 3.05) is 27.2 Å². The number of methoxy groups -OCH3 is 1. The molecule has 0 radical (unpaired) electrons. The van der Waals surface area contributed by atoms with Gasteiger partial charge in [-0.05, 0) is 42.8 Å². The number of nitrogens with zero attached hydrogens (tertiary/aromatic N) is 2. The van der Waals surface area contributed by atoms with Gasteiger partial charge < -0.3 is 26.4 Å². The van der Waals surface area contributed by atoms with E-state index in [1.165, 1.54) is 19.2 Å². The Balaban J connectivity index is 1.48. The molecule has 0 spiro atoms. The topological polar surface area (TPSA) is 126 Å². The van der Waals surface area contributed by atoms with Gasteiger partial charge in [0.25, 0.3) is 11.8 Å². The molecular formula is C25H29F3N6O3. The molecule has 2 aliphatic rings. The van der Waals surface area contributed by atoms with Gasteiger partial charge in [0.05, 0.1) is 30.8 Å². The lowest BCUT2D eigenvalue weighted by Gasteiger charge is -2.42. The van der Waals surface area contributed by atoms with Crippen LogP contribution in [0.2, 0.25) is 0 Å². The standard InChI is InChI=1S/C25H29F3N6O3/c1-33-10-9-19(25(27,28)13-33)34-22(29)20(23(30)35)21(32-34)15-5-3-14(4-6-15)12-31-24(36)17-11-16(26)7-8-18(17)37-2/h3-8,11,19,21,32H,9-10,12-13,29H2,1-2H3,(H2,30,35)(H,31,36). The molecule has 12 heteroatoms. The number of nitrogens with two attached hydrogens (primary N) is 2. The van der Waals surface area contributed by atoms with E-state index in [0.717, 1.165) is 11.1 Å². The van der Waals surface area contributed by atoms with Crippen molar-refractivity contribution in [3.63, 3.8) is 0 Å². The zero-order valence-corrected chi connectivity index (χ0v) is 20.4. The van der Waals surface area contributed by atoms with Crippen molar-refractivity contribution in [3.05, 3.63) is 76.4 Å². The first-order chi connectivity index (χ1) is 17.5. The molecule has 1 saturated heterocycles. The fourth-order valence-corrected chi connectivity index (χ4v) is 4.70. The van der Waals surface area contributed by atoms with Crippen LogP contribution in [0.25, 0.3) is 0 Å². The number of hydrazine groups is 1. The van der Waals surface area contributed by atoms with E-state index in [2.05, 4.69) is 10.7 Å². The molecule has 2 amide bonds. The van der Waals surface area contributed by atoms with Crippen LogP contribution in [0.3, 0.4) is 0 Å². The highest BCUT2D eigenvalue weighted by Crippen LogP contribution is 2.37. The van der Waals surface area contributed by atoms with Crippen molar-refractivity contribution >= 4 is 11.8 Å². The van der Waals surface area contributed by atoms with Crippen molar-refractivity contribution in [2.45, 2.75) is 31.0 Å². The molecule has 2 heterocycles. The Morgan fingerprint density at radius 1 is 1.22 bits per heavy atom. The van der Waals surface area contributed by atoms with Crippen LogP contribution in [-0.4, -0.2) is 60.9 Å². The quantitative estimate of drug-likeness (QED) is 0.439. The average molecular weight is 519 g/mol. The summed E-state index contributed by atoms with van der Waals surface area (Å²) in [5.41, 5.74) is 16.0. The number of carbonyl (C=O) groups excluding carboxylic acids is 2. The Morgan fingerprint density at radius 3 is 2.54 bits per heavy atom. The number of hydrogen-bond acceptors (Lipinski definition) is 7. The van der Waals surface area contributed by atoms with Crippen LogP contribution in [0.15, 0.2) is 53.9 Å². The van der Waals surface area contributed by atoms with Crippen LogP contribution >= 0.6 is 0 Å². The average Bonchev–Trinajstić information content (AvgIpc) is 3.19. The number of carbonyl (C=O) groups is 2. The maximum absolute atomic E-state index is 14.8. The van der Waals surface area contributed by atoms with Crippen molar-refractivity contribution < 1.29 is 27.5 Å². The zero-order valence-electron chi connectivity index (χ0n) is 20.4. The summed E-state index contributed by atoms with van der Waals surface area (Å²) in [6.45, 7) is 0.150. The van der Waals surface area contributed by atoms with Crippen LogP contribution in [0, 0.1) is 5.82 Å². The third kappa shape index (κ3) is 5.35. The van der Waals surface area contributed by atoms with Crippen LogP contribution < -0.4 is 26.9 Å². The molecule has 1 fully saturated rings. The first-order valence-electron chi connectivity index (χ1n) is 11.6. The van der Waals surface area contributed by atoms with E-state index in [1.807, 2.05) is 0 Å². The van der Waals surface area contributed by atoms with Crippen LogP contribution in [0.1, 0.15) is 33.9 Å². The van der Waals surface area contributed by atoms with E-state index in [4.69, 9.17) is 16.2 Å². The molecule has 2 unspecified atom stereocenters. The number of piperidine rings is 1. The first-order valence-corrected chi connectivity index (χ1v) is 11.6. The number of nitrogens with one attached hydrogen (secondary N) is 2. The Bertz CT molecular complexity index is 1220. The molecule has 2 atom stereocenters. The van der Waals surface area contributed by atoms with E-state index in [-0.39, 0.29) is 35.7 Å². The lowest BCUT2D eigenvalue weighted by atomic mass is 9.98. The Hall–Kier alpha value is -3.77. The van der Waals surface area contributed by atoms with Crippen LogP contribution in [-0.2, 0) is 11.3 Å². The van der Waals surface area contributed by atoms with Gasteiger partial charge in [0.15, 0.2) is 0 Å². The molecule has 9 nitrogen and oxygen atoms in total. The molecule has 4 rings (SSSR count). The van der Waals surface area contributed by atoms with Gasteiger partial charge in [0, 0.05) is 13.1 Å². The number of alkyl halides is 2. The molecule has 0 bridgehead atoms. The number of likely N-dealkylation sites (tertiary alicyclic amines) is 1. The third-order valence-electron chi connectivity index (χ3n) is 6.59. The molecule has 6 N–H and O–H groups in total. The first kappa shape index (κ1) is 26.3. The summed E-state index contributed by atoms with van der Waals surface area (Å²) in [7, 11) is 3.01. The summed E-state index contributed by atoms with van der Waals surface area (Å²) in [6.07, 6.45) is 0.144.